The molecular weight excluding hydrogens is 388 g/mol. The lowest BCUT2D eigenvalue weighted by Gasteiger charge is -1.99. The highest BCUT2D eigenvalue weighted by atomic mass is 79.9. The number of hydrogen-bond donors (Lipinski definition) is 1. The molecule has 0 radical (unpaired) electrons. The number of aryl methyl sites for hydroxylation is 4. The molecule has 0 aliphatic heterocycles. The molecule has 0 amide bonds. The molecule has 0 spiro atoms. The summed E-state index contributed by atoms with van der Waals surface area (Å²) >= 11 is 3.13. The molecule has 2 aromatic rings. The van der Waals surface area contributed by atoms with Gasteiger partial charge in [-0.25, -0.2) is 4.79 Å². The molecule has 0 fully saturated rings. The second-order valence-electron chi connectivity index (χ2n) is 4.84. The molecule has 0 aromatic carbocycles. The van der Waals surface area contributed by atoms with Crippen molar-refractivity contribution in [2.45, 2.75) is 55.6 Å². The Balaban J connectivity index is 0. The number of Topliss-reactive ketones (excluding diaryl/α,β-unsaturated/α-hetero) is 1. The van der Waals surface area contributed by atoms with Crippen molar-refractivity contribution >= 4 is 27.7 Å². The normalized spacial score (nSPS) is 9.32. The van der Waals surface area contributed by atoms with Crippen molar-refractivity contribution < 1.29 is 14.7 Å². The summed E-state index contributed by atoms with van der Waals surface area (Å²) in [6.07, 6.45) is 0. The van der Waals surface area contributed by atoms with E-state index in [1.807, 2.05) is 26.8 Å². The first-order chi connectivity index (χ1) is 10.8. The Kier molecular flexibility index (Phi) is 11.7. The van der Waals surface area contributed by atoms with E-state index in [2.05, 4.69) is 26.1 Å². The van der Waals surface area contributed by atoms with Gasteiger partial charge in [-0.05, 0) is 39.8 Å². The van der Waals surface area contributed by atoms with Gasteiger partial charge in [0.2, 0.25) is 0 Å². The minimum Gasteiger partial charge on any atom is -0.477 e. The number of halogens is 1. The van der Waals surface area contributed by atoms with E-state index in [0.29, 0.717) is 17.6 Å². The van der Waals surface area contributed by atoms with E-state index in [-0.39, 0.29) is 26.3 Å². The molecular formula is C17H29BrN4O3. The van der Waals surface area contributed by atoms with Crippen molar-refractivity contribution in [3.63, 3.8) is 0 Å². The summed E-state index contributed by atoms with van der Waals surface area (Å²) in [5, 5.41) is 17.2. The molecule has 2 heterocycles. The maximum atomic E-state index is 11.3. The second-order valence-corrected chi connectivity index (χ2v) is 5.40. The zero-order chi connectivity index (χ0) is 17.6. The van der Waals surface area contributed by atoms with Crippen molar-refractivity contribution in [3.8, 4) is 0 Å². The van der Waals surface area contributed by atoms with Crippen LogP contribution in [0.3, 0.4) is 0 Å². The summed E-state index contributed by atoms with van der Waals surface area (Å²) in [6.45, 7) is 8.82. The smallest absolute Gasteiger partial charge is 0.354 e. The number of rotatable bonds is 5. The van der Waals surface area contributed by atoms with E-state index >= 15 is 0 Å². The van der Waals surface area contributed by atoms with Crippen molar-refractivity contribution in [2.75, 3.05) is 5.33 Å². The molecule has 7 nitrogen and oxygen atoms in total. The van der Waals surface area contributed by atoms with Crippen LogP contribution in [0.2, 0.25) is 0 Å². The second kappa shape index (κ2) is 11.6. The highest BCUT2D eigenvalue weighted by Crippen LogP contribution is 2.06. The maximum absolute atomic E-state index is 11.3. The number of carbonyl (C=O) groups is 2. The Morgan fingerprint density at radius 2 is 1.40 bits per heavy atom. The van der Waals surface area contributed by atoms with Crippen LogP contribution in [-0.4, -0.2) is 41.8 Å². The van der Waals surface area contributed by atoms with Crippen molar-refractivity contribution in [3.05, 3.63) is 34.9 Å². The zero-order valence-corrected chi connectivity index (χ0v) is 15.3. The summed E-state index contributed by atoms with van der Waals surface area (Å²) in [7, 11) is 0. The Hall–Kier alpha value is -1.96. The average molecular weight is 417 g/mol. The van der Waals surface area contributed by atoms with Gasteiger partial charge in [0.1, 0.15) is 11.4 Å². The summed E-state index contributed by atoms with van der Waals surface area (Å²) in [5.74, 6) is -0.843. The summed E-state index contributed by atoms with van der Waals surface area (Å²) in [5.41, 5.74) is 2.57. The number of aromatic nitrogens is 4. The molecule has 2 rings (SSSR count). The lowest BCUT2D eigenvalue weighted by molar-refractivity contribution is 0.0683. The van der Waals surface area contributed by atoms with Gasteiger partial charge in [0.25, 0.3) is 0 Å². The largest absolute Gasteiger partial charge is 0.477 e. The zero-order valence-electron chi connectivity index (χ0n) is 13.7. The fourth-order valence-electron chi connectivity index (χ4n) is 2.04. The number of ketones is 1. The minimum absolute atomic E-state index is 0. The van der Waals surface area contributed by atoms with E-state index in [1.54, 1.807) is 17.7 Å². The summed E-state index contributed by atoms with van der Waals surface area (Å²) < 4.78 is 3.19. The fraction of sp³-hybridized carbons (Fsp3) is 0.529. The number of carboxylic acid groups (broad SMARTS) is 1. The predicted molar refractivity (Wildman–Crippen MR) is 104 cm³/mol. The molecule has 142 valence electrons. The molecule has 0 saturated heterocycles. The molecule has 0 saturated carbocycles. The van der Waals surface area contributed by atoms with Gasteiger partial charge < -0.3 is 5.11 Å². The fourth-order valence-corrected chi connectivity index (χ4v) is 2.33. The van der Waals surface area contributed by atoms with Crippen LogP contribution in [-0.2, 0) is 13.1 Å². The third kappa shape index (κ3) is 6.81. The molecule has 1 N–H and O–H groups in total. The minimum atomic E-state index is -0.924. The van der Waals surface area contributed by atoms with Gasteiger partial charge in [-0.2, -0.15) is 10.2 Å². The number of carboxylic acids is 1. The van der Waals surface area contributed by atoms with Gasteiger partial charge in [-0.1, -0.05) is 30.8 Å². The van der Waals surface area contributed by atoms with Crippen LogP contribution in [0.15, 0.2) is 12.1 Å². The van der Waals surface area contributed by atoms with Crippen LogP contribution in [0.1, 0.15) is 61.1 Å². The molecule has 8 heteroatoms. The van der Waals surface area contributed by atoms with Gasteiger partial charge in [0.05, 0.1) is 16.7 Å². The Morgan fingerprint density at radius 3 is 1.72 bits per heavy atom. The lowest BCUT2D eigenvalue weighted by atomic mass is 10.3. The van der Waals surface area contributed by atoms with Gasteiger partial charge in [0, 0.05) is 13.1 Å². The van der Waals surface area contributed by atoms with Crippen LogP contribution < -0.4 is 0 Å². The molecule has 0 unspecified atom stereocenters. The number of hydrogen-bond acceptors (Lipinski definition) is 4. The monoisotopic (exact) mass is 416 g/mol. The first-order valence-corrected chi connectivity index (χ1v) is 8.37. The van der Waals surface area contributed by atoms with Gasteiger partial charge in [-0.3, -0.25) is 14.2 Å². The molecule has 0 atom stereocenters. The number of aromatic carboxylic acids is 1. The van der Waals surface area contributed by atoms with E-state index in [1.165, 1.54) is 4.68 Å². The number of alkyl halides is 1. The maximum Gasteiger partial charge on any atom is 0.354 e. The Labute approximate surface area is 158 Å². The van der Waals surface area contributed by atoms with Crippen molar-refractivity contribution in [1.29, 1.82) is 0 Å². The van der Waals surface area contributed by atoms with E-state index in [9.17, 15) is 9.59 Å². The van der Waals surface area contributed by atoms with E-state index in [0.717, 1.165) is 17.9 Å². The molecule has 0 bridgehead atoms. The van der Waals surface area contributed by atoms with Gasteiger partial charge in [0.15, 0.2) is 5.78 Å². The van der Waals surface area contributed by atoms with Crippen LogP contribution >= 0.6 is 15.9 Å². The molecule has 0 aliphatic rings. The van der Waals surface area contributed by atoms with Crippen LogP contribution in [0.25, 0.3) is 0 Å². The third-order valence-corrected chi connectivity index (χ3v) is 3.54. The quantitative estimate of drug-likeness (QED) is 0.587. The van der Waals surface area contributed by atoms with E-state index < -0.39 is 5.97 Å². The predicted octanol–water partition coefficient (Wildman–Crippen LogP) is 3.97. The van der Waals surface area contributed by atoms with Gasteiger partial charge >= 0.3 is 5.97 Å². The molecule has 2 aromatic heterocycles. The summed E-state index contributed by atoms with van der Waals surface area (Å²) in [4.78, 5) is 21.8. The topological polar surface area (TPSA) is 90.0 Å². The summed E-state index contributed by atoms with van der Waals surface area (Å²) in [6, 6.07) is 3.37. The molecule has 0 aliphatic carbocycles. The number of carbonyl (C=O) groups excluding carboxylic acids is 1. The Bertz CT molecular complexity index is 692. The first kappa shape index (κ1) is 25.3. The average Bonchev–Trinajstić information content (AvgIpc) is 3.09. The molecule has 25 heavy (non-hydrogen) atoms. The van der Waals surface area contributed by atoms with Crippen LogP contribution in [0.5, 0.6) is 0 Å². The Morgan fingerprint density at radius 1 is 1.00 bits per heavy atom. The lowest BCUT2D eigenvalue weighted by Crippen LogP contribution is -2.09. The van der Waals surface area contributed by atoms with Crippen molar-refractivity contribution in [2.24, 2.45) is 0 Å². The van der Waals surface area contributed by atoms with Crippen molar-refractivity contribution in [1.82, 2.24) is 19.6 Å². The van der Waals surface area contributed by atoms with E-state index in [4.69, 9.17) is 5.11 Å². The highest BCUT2D eigenvalue weighted by Gasteiger charge is 2.11. The SMILES string of the molecule is C.C.CCn1nc(C)cc1C(=O)CBr.CCn1nc(C)cc1C(=O)O. The highest BCUT2D eigenvalue weighted by molar-refractivity contribution is 9.09. The van der Waals surface area contributed by atoms with Crippen LogP contribution in [0, 0.1) is 13.8 Å². The standard InChI is InChI=1S/C8H11BrN2O.C7H10N2O2.2CH4/c1-3-11-7(8(12)5-9)4-6(2)10-11;1-3-9-6(7(10)11)4-5(2)8-9;;/h4H,3,5H2,1-2H3;4H,3H2,1-2H3,(H,10,11);2*1H4. The van der Waals surface area contributed by atoms with Gasteiger partial charge in [-0.15, -0.1) is 0 Å². The number of nitrogens with zero attached hydrogens (tertiary/aromatic N) is 4. The third-order valence-electron chi connectivity index (χ3n) is 3.03. The van der Waals surface area contributed by atoms with Crippen LogP contribution in [0.4, 0.5) is 0 Å². The first-order valence-electron chi connectivity index (χ1n) is 7.25.